The van der Waals surface area contributed by atoms with Gasteiger partial charge in [-0.25, -0.2) is 4.79 Å². The maximum atomic E-state index is 12.4. The normalized spacial score (nSPS) is 21.3. The molecule has 1 aliphatic heterocycles. The van der Waals surface area contributed by atoms with E-state index in [1.54, 1.807) is 11.8 Å². The van der Waals surface area contributed by atoms with Crippen LogP contribution in [0, 0.1) is 12.3 Å². The molecule has 0 bridgehead atoms. The maximum absolute atomic E-state index is 12.4. The molecule has 0 aromatic heterocycles. The molecule has 2 rings (SSSR count). The molecule has 100 valence electrons. The Morgan fingerprint density at radius 3 is 3.11 bits per heavy atom. The van der Waals surface area contributed by atoms with E-state index < -0.39 is 5.54 Å². The zero-order valence-corrected chi connectivity index (χ0v) is 11.8. The second-order valence-corrected chi connectivity index (χ2v) is 5.41. The predicted molar refractivity (Wildman–Crippen MR) is 76.9 cm³/mol. The van der Waals surface area contributed by atoms with Gasteiger partial charge >= 0.3 is 5.97 Å². The third-order valence-electron chi connectivity index (χ3n) is 3.20. The Balaban J connectivity index is 2.44. The monoisotopic (exact) mass is 275 g/mol. The number of nitrogens with one attached hydrogen (secondary N) is 1. The van der Waals surface area contributed by atoms with E-state index >= 15 is 0 Å². The Morgan fingerprint density at radius 1 is 1.58 bits per heavy atom. The standard InChI is InChI=1S/C15H17NO2S/c1-3-10-16-15(14(17)18-4-2)9-11-19-13-8-6-5-7-12(13)15/h1,5-8,16H,4,9-11H2,2H3. The number of rotatable bonds is 4. The molecule has 1 heterocycles. The van der Waals surface area contributed by atoms with Gasteiger partial charge in [0.1, 0.15) is 5.54 Å². The molecule has 1 aliphatic rings. The summed E-state index contributed by atoms with van der Waals surface area (Å²) in [6.07, 6.45) is 6.02. The Bertz CT molecular complexity index is 509. The molecule has 0 fully saturated rings. The molecule has 4 heteroatoms. The van der Waals surface area contributed by atoms with Gasteiger partial charge in [-0.1, -0.05) is 24.1 Å². The van der Waals surface area contributed by atoms with Crippen molar-refractivity contribution in [3.8, 4) is 12.3 Å². The Kier molecular flexibility index (Phi) is 4.52. The van der Waals surface area contributed by atoms with Crippen molar-refractivity contribution in [3.05, 3.63) is 29.8 Å². The van der Waals surface area contributed by atoms with E-state index in [9.17, 15) is 4.79 Å². The largest absolute Gasteiger partial charge is 0.464 e. The fourth-order valence-corrected chi connectivity index (χ4v) is 3.52. The molecular weight excluding hydrogens is 258 g/mol. The third kappa shape index (κ3) is 2.63. The van der Waals surface area contributed by atoms with Gasteiger partial charge in [-0.3, -0.25) is 5.32 Å². The van der Waals surface area contributed by atoms with E-state index in [0.717, 1.165) is 16.2 Å². The number of hydrogen-bond donors (Lipinski definition) is 1. The molecule has 19 heavy (non-hydrogen) atoms. The number of carbonyl (C=O) groups excluding carboxylic acids is 1. The molecule has 1 N–H and O–H groups in total. The first-order valence-electron chi connectivity index (χ1n) is 6.32. The van der Waals surface area contributed by atoms with Crippen LogP contribution in [0.2, 0.25) is 0 Å². The van der Waals surface area contributed by atoms with Gasteiger partial charge in [-0.05, 0) is 25.0 Å². The maximum Gasteiger partial charge on any atom is 0.331 e. The first kappa shape index (κ1) is 14.0. The van der Waals surface area contributed by atoms with Gasteiger partial charge in [0.15, 0.2) is 0 Å². The smallest absolute Gasteiger partial charge is 0.331 e. The lowest BCUT2D eigenvalue weighted by Gasteiger charge is -2.36. The molecule has 0 amide bonds. The second-order valence-electron chi connectivity index (χ2n) is 4.28. The molecule has 1 atom stereocenters. The van der Waals surface area contributed by atoms with E-state index in [0.29, 0.717) is 19.6 Å². The van der Waals surface area contributed by atoms with Crippen molar-refractivity contribution in [1.82, 2.24) is 5.32 Å². The summed E-state index contributed by atoms with van der Waals surface area (Å²) < 4.78 is 5.26. The number of hydrogen-bond acceptors (Lipinski definition) is 4. The number of benzene rings is 1. The van der Waals surface area contributed by atoms with Crippen molar-refractivity contribution in [3.63, 3.8) is 0 Å². The van der Waals surface area contributed by atoms with Crippen LogP contribution in [-0.2, 0) is 15.1 Å². The zero-order chi connectivity index (χ0) is 13.7. The van der Waals surface area contributed by atoms with Crippen molar-refractivity contribution in [2.75, 3.05) is 18.9 Å². The lowest BCUT2D eigenvalue weighted by Crippen LogP contribution is -2.52. The van der Waals surface area contributed by atoms with Gasteiger partial charge in [-0.2, -0.15) is 0 Å². The molecule has 0 spiro atoms. The van der Waals surface area contributed by atoms with Crippen molar-refractivity contribution in [2.45, 2.75) is 23.8 Å². The average Bonchev–Trinajstić information content (AvgIpc) is 2.45. The van der Waals surface area contributed by atoms with Crippen molar-refractivity contribution >= 4 is 17.7 Å². The van der Waals surface area contributed by atoms with Gasteiger partial charge in [0.2, 0.25) is 0 Å². The van der Waals surface area contributed by atoms with Crippen molar-refractivity contribution in [1.29, 1.82) is 0 Å². The summed E-state index contributed by atoms with van der Waals surface area (Å²) in [5.74, 6) is 3.17. The lowest BCUT2D eigenvalue weighted by molar-refractivity contribution is -0.152. The van der Waals surface area contributed by atoms with Crippen molar-refractivity contribution in [2.24, 2.45) is 0 Å². The molecule has 1 aromatic carbocycles. The minimum Gasteiger partial charge on any atom is -0.464 e. The fraction of sp³-hybridized carbons (Fsp3) is 0.400. The van der Waals surface area contributed by atoms with Crippen LogP contribution in [0.4, 0.5) is 0 Å². The van der Waals surface area contributed by atoms with E-state index in [1.165, 1.54) is 0 Å². The molecule has 0 radical (unpaired) electrons. The minimum absolute atomic E-state index is 0.238. The van der Waals surface area contributed by atoms with Crippen LogP contribution in [0.15, 0.2) is 29.2 Å². The Hall–Kier alpha value is -1.44. The van der Waals surface area contributed by atoms with Crippen LogP contribution in [-0.4, -0.2) is 24.9 Å². The minimum atomic E-state index is -0.801. The van der Waals surface area contributed by atoms with E-state index in [2.05, 4.69) is 11.2 Å². The number of esters is 1. The summed E-state index contributed by atoms with van der Waals surface area (Å²) in [6, 6.07) is 7.93. The molecule has 1 unspecified atom stereocenters. The zero-order valence-electron chi connectivity index (χ0n) is 10.9. The van der Waals surface area contributed by atoms with Crippen molar-refractivity contribution < 1.29 is 9.53 Å². The highest BCUT2D eigenvalue weighted by Gasteiger charge is 2.44. The van der Waals surface area contributed by atoms with Gasteiger partial charge in [0, 0.05) is 10.6 Å². The first-order valence-corrected chi connectivity index (χ1v) is 7.31. The SMILES string of the molecule is C#CCNC1(C(=O)OCC)CCSc2ccccc21. The lowest BCUT2D eigenvalue weighted by atomic mass is 9.86. The van der Waals surface area contributed by atoms with Crippen LogP contribution >= 0.6 is 11.8 Å². The summed E-state index contributed by atoms with van der Waals surface area (Å²) >= 11 is 1.76. The Labute approximate surface area is 118 Å². The second kappa shape index (κ2) is 6.14. The predicted octanol–water partition coefficient (Wildman–Crippen LogP) is 2.16. The van der Waals surface area contributed by atoms with E-state index in [4.69, 9.17) is 11.2 Å². The number of fused-ring (bicyclic) bond motifs is 1. The molecule has 1 aromatic rings. The molecule has 0 saturated heterocycles. The topological polar surface area (TPSA) is 38.3 Å². The molecule has 0 aliphatic carbocycles. The van der Waals surface area contributed by atoms with Crippen LogP contribution in [0.3, 0.4) is 0 Å². The van der Waals surface area contributed by atoms with Crippen LogP contribution in [0.25, 0.3) is 0 Å². The van der Waals surface area contributed by atoms with Crippen LogP contribution in [0.5, 0.6) is 0 Å². The highest BCUT2D eigenvalue weighted by atomic mass is 32.2. The fourth-order valence-electron chi connectivity index (χ4n) is 2.32. The number of thioether (sulfide) groups is 1. The van der Waals surface area contributed by atoms with Gasteiger partial charge in [-0.15, -0.1) is 18.2 Å². The number of ether oxygens (including phenoxy) is 1. The van der Waals surface area contributed by atoms with Crippen LogP contribution in [0.1, 0.15) is 18.9 Å². The van der Waals surface area contributed by atoms with Gasteiger partial charge in [0.25, 0.3) is 0 Å². The summed E-state index contributed by atoms with van der Waals surface area (Å²) in [7, 11) is 0. The molecule has 3 nitrogen and oxygen atoms in total. The molecular formula is C15H17NO2S. The van der Waals surface area contributed by atoms with E-state index in [-0.39, 0.29) is 5.97 Å². The summed E-state index contributed by atoms with van der Waals surface area (Å²) in [6.45, 7) is 2.53. The quantitative estimate of drug-likeness (QED) is 0.675. The number of carbonyl (C=O) groups is 1. The van der Waals surface area contributed by atoms with E-state index in [1.807, 2.05) is 31.2 Å². The summed E-state index contributed by atoms with van der Waals surface area (Å²) in [5, 5.41) is 3.20. The highest BCUT2D eigenvalue weighted by molar-refractivity contribution is 7.99. The highest BCUT2D eigenvalue weighted by Crippen LogP contribution is 2.40. The summed E-state index contributed by atoms with van der Waals surface area (Å²) in [5.41, 5.74) is 0.171. The Morgan fingerprint density at radius 2 is 2.37 bits per heavy atom. The number of terminal acetylenes is 1. The van der Waals surface area contributed by atoms with Gasteiger partial charge in [0.05, 0.1) is 13.2 Å². The summed E-state index contributed by atoms with van der Waals surface area (Å²) in [4.78, 5) is 13.5. The molecule has 0 saturated carbocycles. The van der Waals surface area contributed by atoms with Gasteiger partial charge < -0.3 is 4.74 Å². The third-order valence-corrected chi connectivity index (χ3v) is 4.27. The van der Waals surface area contributed by atoms with Crippen LogP contribution < -0.4 is 5.32 Å². The first-order chi connectivity index (χ1) is 9.24. The average molecular weight is 275 g/mol.